The van der Waals surface area contributed by atoms with Crippen LogP contribution in [-0.2, 0) is 9.53 Å². The van der Waals surface area contributed by atoms with E-state index < -0.39 is 35.7 Å². The van der Waals surface area contributed by atoms with Crippen LogP contribution in [0.1, 0.15) is 29.8 Å². The smallest absolute Gasteiger partial charge is 0.330 e. The van der Waals surface area contributed by atoms with Crippen LogP contribution < -0.4 is 11.1 Å². The molecular weight excluding hydrogens is 384 g/mol. The molecule has 150 valence electrons. The van der Waals surface area contributed by atoms with Crippen molar-refractivity contribution in [1.29, 1.82) is 0 Å². The molecule has 1 unspecified atom stereocenters. The van der Waals surface area contributed by atoms with E-state index in [9.17, 15) is 14.7 Å². The summed E-state index contributed by atoms with van der Waals surface area (Å²) in [5, 5.41) is 21.3. The number of alkyl halides is 1. The van der Waals surface area contributed by atoms with E-state index in [1.165, 1.54) is 19.2 Å². The van der Waals surface area contributed by atoms with E-state index in [4.69, 9.17) is 22.4 Å². The Balaban J connectivity index is 2.88. The number of hydrogen-bond donors (Lipinski definition) is 4. The van der Waals surface area contributed by atoms with Crippen molar-refractivity contribution in [2.45, 2.75) is 31.0 Å². The molecule has 5 N–H and O–H groups in total. The summed E-state index contributed by atoms with van der Waals surface area (Å²) in [7, 11) is 1.22. The van der Waals surface area contributed by atoms with Crippen LogP contribution in [0, 0.1) is 23.7 Å². The number of ether oxygens (including phenoxy) is 1. The Morgan fingerprint density at radius 1 is 1.29 bits per heavy atom. The van der Waals surface area contributed by atoms with Gasteiger partial charge >= 0.3 is 5.97 Å². The number of nitrogens with two attached hydrogens (primary N) is 1. The molecule has 0 aliphatic carbocycles. The zero-order chi connectivity index (χ0) is 21.4. The van der Waals surface area contributed by atoms with Crippen molar-refractivity contribution in [3.8, 4) is 23.7 Å². The molecule has 0 aliphatic heterocycles. The standard InChI is InChI=1S/C20H23ClN2O5/c1-19(2,22)16(18(26)28-3)23-17(25)15-9-7-14(8-10-15)6-4-5-11-20(27,12-21)13-24/h7-10,16,24,27H,12-13,22H2,1-3H3,(H,23,25)/t16-,20?/m1/s1. The monoisotopic (exact) mass is 406 g/mol. The molecule has 1 amide bonds. The molecule has 0 aliphatic rings. The summed E-state index contributed by atoms with van der Waals surface area (Å²) < 4.78 is 4.68. The lowest BCUT2D eigenvalue weighted by Gasteiger charge is -2.28. The fraction of sp³-hybridized carbons (Fsp3) is 0.400. The molecule has 0 heterocycles. The number of halogens is 1. The number of hydrogen-bond acceptors (Lipinski definition) is 6. The van der Waals surface area contributed by atoms with E-state index in [0.29, 0.717) is 11.1 Å². The predicted molar refractivity (Wildman–Crippen MR) is 105 cm³/mol. The van der Waals surface area contributed by atoms with Crippen LogP contribution in [-0.4, -0.2) is 58.9 Å². The molecule has 0 saturated heterocycles. The zero-order valence-corrected chi connectivity index (χ0v) is 16.6. The van der Waals surface area contributed by atoms with E-state index >= 15 is 0 Å². The van der Waals surface area contributed by atoms with Crippen molar-refractivity contribution in [1.82, 2.24) is 5.32 Å². The van der Waals surface area contributed by atoms with Crippen molar-refractivity contribution in [3.05, 3.63) is 35.4 Å². The van der Waals surface area contributed by atoms with Gasteiger partial charge in [-0.05, 0) is 50.0 Å². The maximum atomic E-state index is 12.4. The highest BCUT2D eigenvalue weighted by Gasteiger charge is 2.34. The zero-order valence-electron chi connectivity index (χ0n) is 15.9. The fourth-order valence-electron chi connectivity index (χ4n) is 1.95. The molecule has 1 aromatic rings. The topological polar surface area (TPSA) is 122 Å². The van der Waals surface area contributed by atoms with Gasteiger partial charge in [0.05, 0.1) is 19.6 Å². The minimum absolute atomic E-state index is 0.242. The number of methoxy groups -OCH3 is 1. The molecule has 0 aromatic heterocycles. The van der Waals surface area contributed by atoms with Crippen LogP contribution >= 0.6 is 11.6 Å². The van der Waals surface area contributed by atoms with Gasteiger partial charge in [-0.15, -0.1) is 11.6 Å². The molecule has 0 radical (unpaired) electrons. The molecular formula is C20H23ClN2O5. The molecule has 8 heteroatoms. The number of benzene rings is 1. The third kappa shape index (κ3) is 6.88. The lowest BCUT2D eigenvalue weighted by molar-refractivity contribution is -0.144. The maximum Gasteiger partial charge on any atom is 0.330 e. The molecule has 0 fully saturated rings. The van der Waals surface area contributed by atoms with Gasteiger partial charge in [0.2, 0.25) is 0 Å². The molecule has 0 spiro atoms. The molecule has 1 rings (SSSR count). The lowest BCUT2D eigenvalue weighted by atomic mass is 9.95. The van der Waals surface area contributed by atoms with Crippen LogP contribution in [0.5, 0.6) is 0 Å². The van der Waals surface area contributed by atoms with Gasteiger partial charge in [0.25, 0.3) is 5.91 Å². The second-order valence-corrected chi connectivity index (χ2v) is 6.92. The average Bonchev–Trinajstić information content (AvgIpc) is 2.68. The van der Waals surface area contributed by atoms with Crippen molar-refractivity contribution >= 4 is 23.5 Å². The molecule has 0 bridgehead atoms. The van der Waals surface area contributed by atoms with Crippen molar-refractivity contribution in [2.24, 2.45) is 5.73 Å². The number of esters is 1. The third-order valence-corrected chi connectivity index (χ3v) is 4.09. The SMILES string of the molecule is COC(=O)[C@@H](NC(=O)c1ccc(C#CC#CC(O)(CO)CCl)cc1)C(C)(C)N. The summed E-state index contributed by atoms with van der Waals surface area (Å²) in [4.78, 5) is 24.2. The van der Waals surface area contributed by atoms with Crippen molar-refractivity contribution in [3.63, 3.8) is 0 Å². The lowest BCUT2D eigenvalue weighted by Crippen LogP contribution is -2.59. The quantitative estimate of drug-likeness (QED) is 0.300. The minimum Gasteiger partial charge on any atom is -0.467 e. The number of nitrogens with one attached hydrogen (secondary N) is 1. The predicted octanol–water partition coefficient (Wildman–Crippen LogP) is 0.0124. The molecule has 2 atom stereocenters. The Morgan fingerprint density at radius 3 is 2.36 bits per heavy atom. The number of amides is 1. The van der Waals surface area contributed by atoms with Gasteiger partial charge in [0, 0.05) is 16.7 Å². The van der Waals surface area contributed by atoms with Gasteiger partial charge in [0.1, 0.15) is 6.04 Å². The van der Waals surface area contributed by atoms with Crippen LogP contribution in [0.15, 0.2) is 24.3 Å². The average molecular weight is 407 g/mol. The van der Waals surface area contributed by atoms with Crippen LogP contribution in [0.25, 0.3) is 0 Å². The Labute approximate surface area is 169 Å². The Bertz CT molecular complexity index is 819. The largest absolute Gasteiger partial charge is 0.467 e. The van der Waals surface area contributed by atoms with E-state index in [2.05, 4.69) is 33.7 Å². The summed E-state index contributed by atoms with van der Waals surface area (Å²) in [6, 6.07) is 5.27. The maximum absolute atomic E-state index is 12.4. The first-order valence-corrected chi connectivity index (χ1v) is 8.80. The van der Waals surface area contributed by atoms with Crippen molar-refractivity contribution < 1.29 is 24.5 Å². The summed E-state index contributed by atoms with van der Waals surface area (Å²) in [5.41, 5.74) is 4.13. The highest BCUT2D eigenvalue weighted by molar-refractivity contribution is 6.18. The first-order chi connectivity index (χ1) is 13.1. The number of aliphatic hydroxyl groups is 2. The van der Waals surface area contributed by atoms with E-state index in [0.717, 1.165) is 0 Å². The normalized spacial score (nSPS) is 13.7. The number of carbonyl (C=O) groups is 2. The van der Waals surface area contributed by atoms with E-state index in [1.807, 2.05) is 0 Å². The summed E-state index contributed by atoms with van der Waals surface area (Å²) in [5.74, 6) is 8.71. The Kier molecular flexibility index (Phi) is 8.49. The van der Waals surface area contributed by atoms with Gasteiger partial charge in [-0.1, -0.05) is 11.8 Å². The molecule has 7 nitrogen and oxygen atoms in total. The minimum atomic E-state index is -1.69. The first-order valence-electron chi connectivity index (χ1n) is 8.26. The van der Waals surface area contributed by atoms with E-state index in [1.54, 1.807) is 26.0 Å². The Morgan fingerprint density at radius 2 is 1.89 bits per heavy atom. The second-order valence-electron chi connectivity index (χ2n) is 6.65. The summed E-state index contributed by atoms with van der Waals surface area (Å²) >= 11 is 5.51. The summed E-state index contributed by atoms with van der Waals surface area (Å²) in [6.45, 7) is 2.62. The molecule has 28 heavy (non-hydrogen) atoms. The van der Waals surface area contributed by atoms with Gasteiger partial charge in [-0.3, -0.25) is 4.79 Å². The van der Waals surface area contributed by atoms with Gasteiger partial charge < -0.3 is 26.0 Å². The van der Waals surface area contributed by atoms with Crippen molar-refractivity contribution in [2.75, 3.05) is 19.6 Å². The van der Waals surface area contributed by atoms with Gasteiger partial charge in [-0.2, -0.15) is 0 Å². The number of carbonyl (C=O) groups excluding carboxylic acids is 2. The number of rotatable bonds is 6. The van der Waals surface area contributed by atoms with Crippen LogP contribution in [0.3, 0.4) is 0 Å². The highest BCUT2D eigenvalue weighted by atomic mass is 35.5. The first kappa shape index (κ1) is 23.5. The fourth-order valence-corrected chi connectivity index (χ4v) is 2.10. The third-order valence-electron chi connectivity index (χ3n) is 3.65. The number of aliphatic hydroxyl groups excluding tert-OH is 1. The molecule has 1 aromatic carbocycles. The van der Waals surface area contributed by atoms with Gasteiger partial charge in [-0.25, -0.2) is 4.79 Å². The summed E-state index contributed by atoms with van der Waals surface area (Å²) in [6.07, 6.45) is 0. The Hall–Kier alpha value is -2.55. The van der Waals surface area contributed by atoms with Crippen LogP contribution in [0.4, 0.5) is 0 Å². The highest BCUT2D eigenvalue weighted by Crippen LogP contribution is 2.10. The van der Waals surface area contributed by atoms with Gasteiger partial charge in [0.15, 0.2) is 5.60 Å². The van der Waals surface area contributed by atoms with Crippen LogP contribution in [0.2, 0.25) is 0 Å². The second kappa shape index (κ2) is 10.1. The van der Waals surface area contributed by atoms with E-state index in [-0.39, 0.29) is 5.88 Å². The molecule has 0 saturated carbocycles.